The molecule has 4 rings (SSSR count). The van der Waals surface area contributed by atoms with Crippen LogP contribution >= 0.6 is 0 Å². The fourth-order valence-electron chi connectivity index (χ4n) is 5.18. The molecule has 0 aromatic heterocycles. The standard InChI is InChI=1S/C25H33NO5S2/c1-18-13-23(31-3)24(14-19(18)2)33(29,30)25-17-32(27,28)16-22(25)26-11-9-21(10-12-26)15-20-7-5-4-6-8-20/h4-8,13-14,21-22,25H,9-12,15-17H2,1-3H3/t22-,25-/m0/s1. The number of ether oxygens (including phenoxy) is 1. The summed E-state index contributed by atoms with van der Waals surface area (Å²) in [6.45, 7) is 5.19. The first-order chi connectivity index (χ1) is 15.6. The zero-order valence-electron chi connectivity index (χ0n) is 19.5. The van der Waals surface area contributed by atoms with Crippen molar-refractivity contribution >= 4 is 19.7 Å². The molecule has 2 fully saturated rings. The average molecular weight is 492 g/mol. The molecule has 2 saturated heterocycles. The minimum absolute atomic E-state index is 0.0964. The second-order valence-corrected chi connectivity index (χ2v) is 13.8. The van der Waals surface area contributed by atoms with Crippen LogP contribution in [0.25, 0.3) is 0 Å². The molecular formula is C25H33NO5S2. The van der Waals surface area contributed by atoms with Gasteiger partial charge in [0.2, 0.25) is 0 Å². The lowest BCUT2D eigenvalue weighted by molar-refractivity contribution is 0.144. The summed E-state index contributed by atoms with van der Waals surface area (Å²) in [6, 6.07) is 13.2. The van der Waals surface area contributed by atoms with Crippen molar-refractivity contribution < 1.29 is 21.6 Å². The maximum atomic E-state index is 13.8. The van der Waals surface area contributed by atoms with E-state index in [9.17, 15) is 16.8 Å². The molecule has 0 amide bonds. The molecule has 0 unspecified atom stereocenters. The van der Waals surface area contributed by atoms with Crippen LogP contribution in [0, 0.1) is 19.8 Å². The van der Waals surface area contributed by atoms with E-state index in [1.807, 2.05) is 32.0 Å². The van der Waals surface area contributed by atoms with Gasteiger partial charge in [0.05, 0.1) is 23.9 Å². The lowest BCUT2D eigenvalue weighted by Gasteiger charge is -2.37. The molecule has 0 spiro atoms. The van der Waals surface area contributed by atoms with Crippen LogP contribution in [0.5, 0.6) is 5.75 Å². The van der Waals surface area contributed by atoms with E-state index in [1.165, 1.54) is 12.7 Å². The maximum absolute atomic E-state index is 13.8. The number of piperidine rings is 1. The Morgan fingerprint density at radius 2 is 1.64 bits per heavy atom. The molecule has 2 aromatic rings. The first-order valence-corrected chi connectivity index (χ1v) is 14.8. The number of benzene rings is 2. The number of nitrogens with zero attached hydrogens (tertiary/aromatic N) is 1. The fourth-order valence-corrected chi connectivity index (χ4v) is 10.2. The number of hydrogen-bond donors (Lipinski definition) is 0. The normalized spacial score (nSPS) is 24.1. The third kappa shape index (κ3) is 5.12. The molecule has 2 aliphatic heterocycles. The second-order valence-electron chi connectivity index (χ2n) is 9.48. The van der Waals surface area contributed by atoms with E-state index < -0.39 is 31.0 Å². The first kappa shape index (κ1) is 24.2. The Morgan fingerprint density at radius 1 is 1.00 bits per heavy atom. The molecule has 2 atom stereocenters. The van der Waals surface area contributed by atoms with Crippen LogP contribution in [0.4, 0.5) is 0 Å². The molecule has 6 nitrogen and oxygen atoms in total. The van der Waals surface area contributed by atoms with Gasteiger partial charge in [0.15, 0.2) is 19.7 Å². The van der Waals surface area contributed by atoms with E-state index in [2.05, 4.69) is 17.0 Å². The smallest absolute Gasteiger partial charge is 0.187 e. The van der Waals surface area contributed by atoms with Crippen LogP contribution in [-0.4, -0.2) is 64.7 Å². The summed E-state index contributed by atoms with van der Waals surface area (Å²) in [7, 11) is -5.90. The molecule has 2 heterocycles. The molecule has 2 aliphatic rings. The van der Waals surface area contributed by atoms with Gasteiger partial charge >= 0.3 is 0 Å². The summed E-state index contributed by atoms with van der Waals surface area (Å²) >= 11 is 0. The van der Waals surface area contributed by atoms with Crippen molar-refractivity contribution in [1.82, 2.24) is 4.90 Å². The lowest BCUT2D eigenvalue weighted by Crippen LogP contribution is -2.49. The predicted molar refractivity (Wildman–Crippen MR) is 130 cm³/mol. The summed E-state index contributed by atoms with van der Waals surface area (Å²) in [5.41, 5.74) is 3.08. The van der Waals surface area contributed by atoms with Crippen LogP contribution in [0.2, 0.25) is 0 Å². The Balaban J connectivity index is 1.56. The maximum Gasteiger partial charge on any atom is 0.187 e. The van der Waals surface area contributed by atoms with Crippen molar-refractivity contribution in [1.29, 1.82) is 0 Å². The summed E-state index contributed by atoms with van der Waals surface area (Å²) < 4.78 is 58.2. The number of aryl methyl sites for hydroxylation is 2. The zero-order valence-corrected chi connectivity index (χ0v) is 21.2. The van der Waals surface area contributed by atoms with Gasteiger partial charge in [-0.05, 0) is 80.9 Å². The van der Waals surface area contributed by atoms with Crippen LogP contribution in [0.3, 0.4) is 0 Å². The summed E-state index contributed by atoms with van der Waals surface area (Å²) in [6.07, 6.45) is 2.87. The summed E-state index contributed by atoms with van der Waals surface area (Å²) in [4.78, 5) is 2.20. The van der Waals surface area contributed by atoms with Crippen LogP contribution in [0.1, 0.15) is 29.5 Å². The molecular weight excluding hydrogens is 458 g/mol. The molecule has 0 saturated carbocycles. The number of hydrogen-bond acceptors (Lipinski definition) is 6. The topological polar surface area (TPSA) is 80.8 Å². The Morgan fingerprint density at radius 3 is 2.27 bits per heavy atom. The number of likely N-dealkylation sites (tertiary alicyclic amines) is 1. The number of methoxy groups -OCH3 is 1. The highest BCUT2D eigenvalue weighted by Gasteiger charge is 2.49. The minimum atomic E-state index is -3.90. The van der Waals surface area contributed by atoms with Crippen molar-refractivity contribution in [3.63, 3.8) is 0 Å². The third-order valence-electron chi connectivity index (χ3n) is 7.24. The van der Waals surface area contributed by atoms with Crippen LogP contribution < -0.4 is 4.74 Å². The fraction of sp³-hybridized carbons (Fsp3) is 0.520. The lowest BCUT2D eigenvalue weighted by atomic mass is 9.89. The van der Waals surface area contributed by atoms with Gasteiger partial charge in [-0.2, -0.15) is 0 Å². The van der Waals surface area contributed by atoms with Crippen molar-refractivity contribution in [2.24, 2.45) is 5.92 Å². The average Bonchev–Trinajstić information content (AvgIpc) is 3.12. The van der Waals surface area contributed by atoms with Gasteiger partial charge in [0.25, 0.3) is 0 Å². The van der Waals surface area contributed by atoms with Gasteiger partial charge in [-0.1, -0.05) is 30.3 Å². The number of sulfone groups is 2. The molecule has 0 bridgehead atoms. The Labute approximate surface area is 197 Å². The minimum Gasteiger partial charge on any atom is -0.495 e. The monoisotopic (exact) mass is 491 g/mol. The van der Waals surface area contributed by atoms with Crippen molar-refractivity contribution in [3.8, 4) is 5.75 Å². The molecule has 180 valence electrons. The number of rotatable bonds is 6. The molecule has 0 radical (unpaired) electrons. The molecule has 0 aliphatic carbocycles. The summed E-state index contributed by atoms with van der Waals surface area (Å²) in [5, 5.41) is -0.982. The van der Waals surface area contributed by atoms with E-state index >= 15 is 0 Å². The largest absolute Gasteiger partial charge is 0.495 e. The van der Waals surface area contributed by atoms with Gasteiger partial charge < -0.3 is 4.74 Å². The Hall–Kier alpha value is -1.90. The van der Waals surface area contributed by atoms with E-state index in [-0.39, 0.29) is 22.2 Å². The molecule has 8 heteroatoms. The van der Waals surface area contributed by atoms with Crippen LogP contribution in [-0.2, 0) is 26.1 Å². The van der Waals surface area contributed by atoms with Gasteiger partial charge in [0, 0.05) is 6.04 Å². The van der Waals surface area contributed by atoms with E-state index in [1.54, 1.807) is 12.1 Å². The highest BCUT2D eigenvalue weighted by atomic mass is 32.2. The zero-order chi connectivity index (χ0) is 23.8. The quantitative estimate of drug-likeness (QED) is 0.617. The van der Waals surface area contributed by atoms with Crippen molar-refractivity contribution in [2.75, 3.05) is 31.7 Å². The molecule has 33 heavy (non-hydrogen) atoms. The van der Waals surface area contributed by atoms with Gasteiger partial charge in [0.1, 0.15) is 10.6 Å². The van der Waals surface area contributed by atoms with E-state index in [0.717, 1.165) is 30.4 Å². The summed E-state index contributed by atoms with van der Waals surface area (Å²) in [5.74, 6) is 0.368. The highest BCUT2D eigenvalue weighted by molar-refractivity contribution is 7.96. The van der Waals surface area contributed by atoms with E-state index in [4.69, 9.17) is 4.74 Å². The Kier molecular flexibility index (Phi) is 6.90. The SMILES string of the molecule is COc1cc(C)c(C)cc1S(=O)(=O)[C@H]1CS(=O)(=O)C[C@@H]1N1CCC(Cc2ccccc2)CC1. The first-order valence-electron chi connectivity index (χ1n) is 11.5. The highest BCUT2D eigenvalue weighted by Crippen LogP contribution is 2.36. The van der Waals surface area contributed by atoms with Gasteiger partial charge in [-0.25, -0.2) is 16.8 Å². The Bertz CT molecular complexity index is 1200. The van der Waals surface area contributed by atoms with Gasteiger partial charge in [-0.3, -0.25) is 4.90 Å². The molecule has 0 N–H and O–H groups in total. The van der Waals surface area contributed by atoms with E-state index in [0.29, 0.717) is 19.0 Å². The predicted octanol–water partition coefficient (Wildman–Crippen LogP) is 3.21. The third-order valence-corrected chi connectivity index (χ3v) is 11.4. The van der Waals surface area contributed by atoms with Gasteiger partial charge in [-0.15, -0.1) is 0 Å². The molecule has 2 aromatic carbocycles. The van der Waals surface area contributed by atoms with Crippen LogP contribution in [0.15, 0.2) is 47.4 Å². The van der Waals surface area contributed by atoms with Crippen molar-refractivity contribution in [3.05, 3.63) is 59.2 Å². The second kappa shape index (κ2) is 9.39. The van der Waals surface area contributed by atoms with Crippen molar-refractivity contribution in [2.45, 2.75) is 49.3 Å².